The highest BCUT2D eigenvalue weighted by Crippen LogP contribution is 2.39. The summed E-state index contributed by atoms with van der Waals surface area (Å²) in [7, 11) is 0. The number of carbonyl (C=O) groups excluding carboxylic acids is 2. The van der Waals surface area contributed by atoms with Gasteiger partial charge in [0.15, 0.2) is 12.3 Å². The summed E-state index contributed by atoms with van der Waals surface area (Å²) in [5.74, 6) is 0.0628. The third kappa shape index (κ3) is 6.03. The summed E-state index contributed by atoms with van der Waals surface area (Å²) in [5, 5.41) is 2.78. The van der Waals surface area contributed by atoms with Gasteiger partial charge in [0.2, 0.25) is 11.8 Å². The minimum absolute atomic E-state index is 0.00391. The van der Waals surface area contributed by atoms with Crippen molar-refractivity contribution in [2.75, 3.05) is 6.54 Å². The smallest absolute Gasteiger partial charge is 0.273 e. The van der Waals surface area contributed by atoms with Gasteiger partial charge in [-0.15, -0.1) is 0 Å². The zero-order valence-corrected chi connectivity index (χ0v) is 22.7. The molecule has 1 atom stereocenters. The number of hydrogen-bond donors (Lipinski definition) is 1. The Morgan fingerprint density at radius 3 is 2.75 bits per heavy atom. The van der Waals surface area contributed by atoms with Crippen molar-refractivity contribution in [3.63, 3.8) is 0 Å². The Hall–Kier alpha value is -4.53. The molecule has 2 aromatic heterocycles. The molecule has 206 valence electrons. The van der Waals surface area contributed by atoms with E-state index in [2.05, 4.69) is 15.3 Å². The number of fused-ring (bicyclic) bond motifs is 1. The van der Waals surface area contributed by atoms with Crippen molar-refractivity contribution in [2.45, 2.75) is 46.4 Å². The number of amides is 2. The zero-order chi connectivity index (χ0) is 28.3. The number of ether oxygens (including phenoxy) is 1. The number of pyridine rings is 1. The number of hydrogen-bond acceptors (Lipinski definition) is 6. The largest absolute Gasteiger partial charge is 0.484 e. The second-order valence-electron chi connectivity index (χ2n) is 10.8. The van der Waals surface area contributed by atoms with Crippen molar-refractivity contribution >= 4 is 11.8 Å². The molecule has 2 amide bonds. The highest BCUT2D eigenvalue weighted by atomic mass is 19.1. The van der Waals surface area contributed by atoms with Gasteiger partial charge in [-0.2, -0.15) is 0 Å². The van der Waals surface area contributed by atoms with Gasteiger partial charge in [0.05, 0.1) is 6.04 Å². The first-order valence-electron chi connectivity index (χ1n) is 13.1. The first-order chi connectivity index (χ1) is 19.2. The molecule has 9 heteroatoms. The highest BCUT2D eigenvalue weighted by Gasteiger charge is 2.37. The van der Waals surface area contributed by atoms with Gasteiger partial charge in [-0.25, -0.2) is 9.37 Å². The van der Waals surface area contributed by atoms with Crippen molar-refractivity contribution in [3.05, 3.63) is 113 Å². The summed E-state index contributed by atoms with van der Waals surface area (Å²) < 4.78 is 25.7. The Labute approximate surface area is 232 Å². The lowest BCUT2D eigenvalue weighted by Gasteiger charge is -2.41. The standard InChI is InChI=1S/C31H31FN4O4/c1-31(2,3)30(38)36-13-11-21-9-10-24(15-25(21)28(36)22-7-4-8-23(32)14-22)39-19-27-35-26(18-40-27)29(37)34-17-20-6-5-12-33-16-20/h4-10,12,14-16,18,28H,11,13,17,19H2,1-3H3,(H,34,37). The lowest BCUT2D eigenvalue weighted by molar-refractivity contribution is -0.141. The van der Waals surface area contributed by atoms with Gasteiger partial charge in [-0.05, 0) is 59.0 Å². The molecular weight excluding hydrogens is 511 g/mol. The normalized spacial score (nSPS) is 14.9. The van der Waals surface area contributed by atoms with E-state index in [0.29, 0.717) is 30.8 Å². The van der Waals surface area contributed by atoms with E-state index in [4.69, 9.17) is 9.15 Å². The average Bonchev–Trinajstić information content (AvgIpc) is 3.43. The van der Waals surface area contributed by atoms with Crippen molar-refractivity contribution < 1.29 is 23.1 Å². The number of nitrogens with one attached hydrogen (secondary N) is 1. The number of nitrogens with zero attached hydrogens (tertiary/aromatic N) is 3. The number of oxazole rings is 1. The van der Waals surface area contributed by atoms with Crippen LogP contribution in [0.25, 0.3) is 0 Å². The van der Waals surface area contributed by atoms with Crippen LogP contribution in [0.2, 0.25) is 0 Å². The first kappa shape index (κ1) is 27.1. The van der Waals surface area contributed by atoms with Crippen molar-refractivity contribution in [3.8, 4) is 5.75 Å². The second-order valence-corrected chi connectivity index (χ2v) is 10.8. The molecule has 0 radical (unpaired) electrons. The number of halogens is 1. The molecule has 8 nitrogen and oxygen atoms in total. The fourth-order valence-electron chi connectivity index (χ4n) is 4.77. The zero-order valence-electron chi connectivity index (χ0n) is 22.7. The number of benzene rings is 2. The summed E-state index contributed by atoms with van der Waals surface area (Å²) in [5.41, 5.74) is 3.08. The maximum Gasteiger partial charge on any atom is 0.273 e. The molecule has 1 aliphatic rings. The average molecular weight is 543 g/mol. The Morgan fingerprint density at radius 1 is 1.15 bits per heavy atom. The summed E-state index contributed by atoms with van der Waals surface area (Å²) in [6, 6.07) is 15.3. The molecule has 1 unspecified atom stereocenters. The molecule has 40 heavy (non-hydrogen) atoms. The fourth-order valence-corrected chi connectivity index (χ4v) is 4.77. The topological polar surface area (TPSA) is 97.6 Å². The molecule has 5 rings (SSSR count). The van der Waals surface area contributed by atoms with Crippen LogP contribution < -0.4 is 10.1 Å². The van der Waals surface area contributed by atoms with E-state index in [9.17, 15) is 14.0 Å². The summed E-state index contributed by atoms with van der Waals surface area (Å²) >= 11 is 0. The van der Waals surface area contributed by atoms with Gasteiger partial charge >= 0.3 is 0 Å². The molecule has 3 heterocycles. The SMILES string of the molecule is CC(C)(C)C(=O)N1CCc2ccc(OCc3nc(C(=O)NCc4cccnc4)co3)cc2C1c1cccc(F)c1. The molecule has 1 N–H and O–H groups in total. The van der Waals surface area contributed by atoms with E-state index >= 15 is 0 Å². The summed E-state index contributed by atoms with van der Waals surface area (Å²) in [6.45, 7) is 6.52. The predicted octanol–water partition coefficient (Wildman–Crippen LogP) is 5.24. The van der Waals surface area contributed by atoms with Gasteiger partial charge < -0.3 is 19.4 Å². The Bertz CT molecular complexity index is 1510. The third-order valence-corrected chi connectivity index (χ3v) is 6.74. The molecule has 0 bridgehead atoms. The lowest BCUT2D eigenvalue weighted by Crippen LogP contribution is -2.45. The summed E-state index contributed by atoms with van der Waals surface area (Å²) in [6.07, 6.45) is 5.32. The van der Waals surface area contributed by atoms with Crippen LogP contribution in [0.4, 0.5) is 4.39 Å². The maximum absolute atomic E-state index is 14.3. The van der Waals surface area contributed by atoms with E-state index in [-0.39, 0.29) is 35.8 Å². The van der Waals surface area contributed by atoms with Crippen LogP contribution in [0.1, 0.15) is 65.4 Å². The molecule has 0 saturated carbocycles. The molecule has 0 fully saturated rings. The Balaban J connectivity index is 1.33. The van der Waals surface area contributed by atoms with Crippen LogP contribution in [0.3, 0.4) is 0 Å². The molecule has 2 aromatic carbocycles. The minimum atomic E-state index is -0.593. The lowest BCUT2D eigenvalue weighted by atomic mass is 9.85. The predicted molar refractivity (Wildman–Crippen MR) is 146 cm³/mol. The monoisotopic (exact) mass is 542 g/mol. The number of aromatic nitrogens is 2. The molecule has 1 aliphatic heterocycles. The Morgan fingerprint density at radius 2 is 2.00 bits per heavy atom. The van der Waals surface area contributed by atoms with E-state index in [0.717, 1.165) is 16.7 Å². The van der Waals surface area contributed by atoms with Gasteiger partial charge in [-0.1, -0.05) is 45.0 Å². The number of carbonyl (C=O) groups is 2. The molecule has 0 aliphatic carbocycles. The van der Waals surface area contributed by atoms with Crippen LogP contribution in [0.15, 0.2) is 77.7 Å². The first-order valence-corrected chi connectivity index (χ1v) is 13.1. The Kier molecular flexibility index (Phi) is 7.64. The minimum Gasteiger partial charge on any atom is -0.484 e. The van der Waals surface area contributed by atoms with Gasteiger partial charge in [0.25, 0.3) is 5.91 Å². The quantitative estimate of drug-likeness (QED) is 0.343. The molecule has 0 saturated heterocycles. The van der Waals surface area contributed by atoms with Crippen LogP contribution >= 0.6 is 0 Å². The maximum atomic E-state index is 14.3. The van der Waals surface area contributed by atoms with Crippen molar-refractivity contribution in [2.24, 2.45) is 5.41 Å². The molecule has 0 spiro atoms. The van der Waals surface area contributed by atoms with E-state index < -0.39 is 11.5 Å². The molecule has 4 aromatic rings. The van der Waals surface area contributed by atoms with E-state index in [1.807, 2.05) is 56.0 Å². The van der Waals surface area contributed by atoms with E-state index in [1.54, 1.807) is 24.5 Å². The third-order valence-electron chi connectivity index (χ3n) is 6.74. The molecular formula is C31H31FN4O4. The van der Waals surface area contributed by atoms with Crippen LogP contribution in [0.5, 0.6) is 5.75 Å². The van der Waals surface area contributed by atoms with Crippen molar-refractivity contribution in [1.29, 1.82) is 0 Å². The van der Waals surface area contributed by atoms with Gasteiger partial charge in [-0.3, -0.25) is 14.6 Å². The number of rotatable bonds is 7. The van der Waals surface area contributed by atoms with Gasteiger partial charge in [0.1, 0.15) is 17.8 Å². The van der Waals surface area contributed by atoms with Crippen LogP contribution in [-0.4, -0.2) is 33.2 Å². The highest BCUT2D eigenvalue weighted by molar-refractivity contribution is 5.91. The van der Waals surface area contributed by atoms with Crippen LogP contribution in [0, 0.1) is 11.2 Å². The van der Waals surface area contributed by atoms with Crippen molar-refractivity contribution in [1.82, 2.24) is 20.2 Å². The van der Waals surface area contributed by atoms with Crippen LogP contribution in [-0.2, 0) is 24.4 Å². The fraction of sp³-hybridized carbons (Fsp3) is 0.290. The second kappa shape index (κ2) is 11.3. The summed E-state index contributed by atoms with van der Waals surface area (Å²) in [4.78, 5) is 36.0. The van der Waals surface area contributed by atoms with E-state index in [1.165, 1.54) is 18.4 Å². The van der Waals surface area contributed by atoms with Gasteiger partial charge in [0, 0.05) is 30.9 Å².